The molecule has 1 aromatic carbocycles. The van der Waals surface area contributed by atoms with Crippen molar-refractivity contribution in [1.29, 1.82) is 0 Å². The molecule has 0 aliphatic rings. The fraction of sp³-hybridized carbons (Fsp3) is 0.467. The fourth-order valence-electron chi connectivity index (χ4n) is 1.75. The van der Waals surface area contributed by atoms with Crippen LogP contribution in [-0.2, 0) is 9.59 Å². The van der Waals surface area contributed by atoms with Crippen molar-refractivity contribution in [2.75, 3.05) is 20.2 Å². The number of hydrogen-bond donors (Lipinski definition) is 1. The lowest BCUT2D eigenvalue weighted by Crippen LogP contribution is -2.33. The Morgan fingerprint density at radius 1 is 1.43 bits per heavy atom. The minimum atomic E-state index is -0.927. The van der Waals surface area contributed by atoms with Gasteiger partial charge in [-0.2, -0.15) is 0 Å². The van der Waals surface area contributed by atoms with E-state index in [9.17, 15) is 14.0 Å². The number of aliphatic carboxylic acids is 1. The maximum absolute atomic E-state index is 12.9. The minimum absolute atomic E-state index is 0.133. The maximum atomic E-state index is 12.9. The number of benzene rings is 1. The summed E-state index contributed by atoms with van der Waals surface area (Å²) in [4.78, 5) is 23.9. The van der Waals surface area contributed by atoms with Crippen molar-refractivity contribution in [1.82, 2.24) is 4.90 Å². The molecule has 6 heteroatoms. The number of ether oxygens (including phenoxy) is 1. The highest BCUT2D eigenvalue weighted by Gasteiger charge is 2.16. The van der Waals surface area contributed by atoms with E-state index in [1.807, 2.05) is 0 Å². The number of carbonyl (C=O) groups is 2. The molecule has 0 bridgehead atoms. The summed E-state index contributed by atoms with van der Waals surface area (Å²) in [6, 6.07) is 5.81. The van der Waals surface area contributed by atoms with Crippen molar-refractivity contribution < 1.29 is 23.8 Å². The molecule has 0 spiro atoms. The molecule has 1 aromatic rings. The van der Waals surface area contributed by atoms with Crippen LogP contribution in [-0.4, -0.2) is 42.1 Å². The Morgan fingerprint density at radius 2 is 2.14 bits per heavy atom. The third-order valence-electron chi connectivity index (χ3n) is 2.99. The Hall–Kier alpha value is -2.11. The molecule has 0 heterocycles. The smallest absolute Gasteiger partial charge is 0.308 e. The summed E-state index contributed by atoms with van der Waals surface area (Å²) < 4.78 is 18.2. The number of amides is 1. The summed E-state index contributed by atoms with van der Waals surface area (Å²) in [6.45, 7) is 2.04. The quantitative estimate of drug-likeness (QED) is 0.747. The van der Waals surface area contributed by atoms with E-state index < -0.39 is 11.9 Å². The molecule has 0 aliphatic heterocycles. The predicted octanol–water partition coefficient (Wildman–Crippen LogP) is 2.16. The number of carbonyl (C=O) groups excluding carboxylic acids is 1. The summed E-state index contributed by atoms with van der Waals surface area (Å²) >= 11 is 0. The number of rotatable bonds is 8. The zero-order valence-electron chi connectivity index (χ0n) is 12.2. The minimum Gasteiger partial charge on any atom is -0.493 e. The van der Waals surface area contributed by atoms with Gasteiger partial charge in [-0.05, 0) is 18.6 Å². The van der Waals surface area contributed by atoms with Crippen molar-refractivity contribution in [3.05, 3.63) is 30.1 Å². The Balaban J connectivity index is 2.25. The maximum Gasteiger partial charge on any atom is 0.308 e. The van der Waals surface area contributed by atoms with Crippen LogP contribution in [0.25, 0.3) is 0 Å². The second kappa shape index (κ2) is 8.24. The second-order valence-electron chi connectivity index (χ2n) is 4.92. The number of nitrogens with zero attached hydrogens (tertiary/aromatic N) is 1. The summed E-state index contributed by atoms with van der Waals surface area (Å²) in [6.07, 6.45) is 0.749. The molecule has 1 unspecified atom stereocenters. The molecule has 1 N–H and O–H groups in total. The second-order valence-corrected chi connectivity index (χ2v) is 4.92. The molecule has 0 saturated carbocycles. The largest absolute Gasteiger partial charge is 0.493 e. The van der Waals surface area contributed by atoms with Gasteiger partial charge in [0.15, 0.2) is 0 Å². The standard InChI is InChI=1S/C15H20FNO4/c1-11(15(19)20)10-17(2)14(18)7-4-8-21-13-6-3-5-12(16)9-13/h3,5-6,9,11H,4,7-8,10H2,1-2H3,(H,19,20). The zero-order chi connectivity index (χ0) is 15.8. The van der Waals surface area contributed by atoms with Gasteiger partial charge in [0, 0.05) is 26.1 Å². The number of hydrogen-bond acceptors (Lipinski definition) is 3. The average Bonchev–Trinajstić information content (AvgIpc) is 2.43. The Kier molecular flexibility index (Phi) is 6.65. The highest BCUT2D eigenvalue weighted by Crippen LogP contribution is 2.12. The van der Waals surface area contributed by atoms with Gasteiger partial charge >= 0.3 is 5.97 Å². The van der Waals surface area contributed by atoms with E-state index in [2.05, 4.69) is 0 Å². The first-order chi connectivity index (χ1) is 9.90. The third-order valence-corrected chi connectivity index (χ3v) is 2.99. The van der Waals surface area contributed by atoms with Crippen molar-refractivity contribution in [2.45, 2.75) is 19.8 Å². The molecule has 0 fully saturated rings. The molecule has 5 nitrogen and oxygen atoms in total. The van der Waals surface area contributed by atoms with Gasteiger partial charge in [0.05, 0.1) is 12.5 Å². The monoisotopic (exact) mass is 297 g/mol. The first-order valence-electron chi connectivity index (χ1n) is 6.75. The van der Waals surface area contributed by atoms with Crippen LogP contribution in [0.1, 0.15) is 19.8 Å². The molecule has 0 radical (unpaired) electrons. The summed E-state index contributed by atoms with van der Waals surface area (Å²) in [5.74, 6) is -1.60. The summed E-state index contributed by atoms with van der Waals surface area (Å²) in [7, 11) is 1.58. The van der Waals surface area contributed by atoms with Crippen LogP contribution in [0.15, 0.2) is 24.3 Å². The normalized spacial score (nSPS) is 11.8. The molecule has 1 rings (SSSR count). The van der Waals surface area contributed by atoms with Crippen LogP contribution < -0.4 is 4.74 Å². The molecular formula is C15H20FNO4. The van der Waals surface area contributed by atoms with E-state index >= 15 is 0 Å². The molecule has 0 aliphatic carbocycles. The van der Waals surface area contributed by atoms with E-state index in [-0.39, 0.29) is 24.7 Å². The Bertz CT molecular complexity index is 492. The lowest BCUT2D eigenvalue weighted by molar-refractivity contribution is -0.142. The van der Waals surface area contributed by atoms with Crippen molar-refractivity contribution in [3.8, 4) is 5.75 Å². The van der Waals surface area contributed by atoms with Crippen LogP contribution in [0.3, 0.4) is 0 Å². The van der Waals surface area contributed by atoms with Crippen molar-refractivity contribution in [3.63, 3.8) is 0 Å². The Labute approximate surface area is 123 Å². The first-order valence-corrected chi connectivity index (χ1v) is 6.75. The highest BCUT2D eigenvalue weighted by molar-refractivity contribution is 5.77. The van der Waals surface area contributed by atoms with Gasteiger partial charge in [0.25, 0.3) is 0 Å². The molecule has 1 atom stereocenters. The average molecular weight is 297 g/mol. The molecule has 1 amide bonds. The first kappa shape index (κ1) is 16.9. The highest BCUT2D eigenvalue weighted by atomic mass is 19.1. The van der Waals surface area contributed by atoms with Gasteiger partial charge in [-0.15, -0.1) is 0 Å². The lowest BCUT2D eigenvalue weighted by atomic mass is 10.1. The molecule has 116 valence electrons. The van der Waals surface area contributed by atoms with Gasteiger partial charge < -0.3 is 14.7 Å². The van der Waals surface area contributed by atoms with Gasteiger partial charge in [-0.1, -0.05) is 13.0 Å². The molecule has 0 saturated heterocycles. The van der Waals surface area contributed by atoms with Crippen molar-refractivity contribution in [2.24, 2.45) is 5.92 Å². The van der Waals surface area contributed by atoms with E-state index in [0.29, 0.717) is 18.8 Å². The van der Waals surface area contributed by atoms with Crippen molar-refractivity contribution >= 4 is 11.9 Å². The van der Waals surface area contributed by atoms with Crippen LogP contribution in [0.5, 0.6) is 5.75 Å². The van der Waals surface area contributed by atoms with Crippen LogP contribution >= 0.6 is 0 Å². The lowest BCUT2D eigenvalue weighted by Gasteiger charge is -2.19. The number of carboxylic acids is 1. The van der Waals surface area contributed by atoms with E-state index in [1.165, 1.54) is 17.0 Å². The summed E-state index contributed by atoms with van der Waals surface area (Å²) in [5.41, 5.74) is 0. The molecule has 21 heavy (non-hydrogen) atoms. The molecular weight excluding hydrogens is 277 g/mol. The van der Waals surface area contributed by atoms with Gasteiger partial charge in [-0.3, -0.25) is 9.59 Å². The third kappa shape index (κ3) is 6.25. The predicted molar refractivity (Wildman–Crippen MR) is 75.6 cm³/mol. The zero-order valence-corrected chi connectivity index (χ0v) is 12.2. The van der Waals surface area contributed by atoms with Gasteiger partial charge in [0.2, 0.25) is 5.91 Å². The number of halogens is 1. The van der Waals surface area contributed by atoms with Gasteiger partial charge in [-0.25, -0.2) is 4.39 Å². The molecule has 0 aromatic heterocycles. The van der Waals surface area contributed by atoms with Crippen LogP contribution in [0, 0.1) is 11.7 Å². The van der Waals surface area contributed by atoms with E-state index in [0.717, 1.165) is 0 Å². The van der Waals surface area contributed by atoms with E-state index in [4.69, 9.17) is 9.84 Å². The van der Waals surface area contributed by atoms with Crippen LogP contribution in [0.2, 0.25) is 0 Å². The van der Waals surface area contributed by atoms with Crippen LogP contribution in [0.4, 0.5) is 4.39 Å². The van der Waals surface area contributed by atoms with Gasteiger partial charge in [0.1, 0.15) is 11.6 Å². The SMILES string of the molecule is CC(CN(C)C(=O)CCCOc1cccc(F)c1)C(=O)O. The summed E-state index contributed by atoms with van der Waals surface area (Å²) in [5, 5.41) is 8.79. The Morgan fingerprint density at radius 3 is 2.76 bits per heavy atom. The number of carboxylic acid groups (broad SMARTS) is 1. The van der Waals surface area contributed by atoms with E-state index in [1.54, 1.807) is 26.1 Å². The fourth-order valence-corrected chi connectivity index (χ4v) is 1.75. The topological polar surface area (TPSA) is 66.8 Å².